The smallest absolute Gasteiger partial charge is 0.0548 e. The fourth-order valence-electron chi connectivity index (χ4n) is 10.0. The Kier molecular flexibility index (Phi) is 63.5. The largest absolute Gasteiger partial charge is 0.393 e. The van der Waals surface area contributed by atoms with Crippen molar-refractivity contribution in [3.63, 3.8) is 0 Å². The van der Waals surface area contributed by atoms with E-state index in [1.165, 1.54) is 64.2 Å². The molecule has 82 heavy (non-hydrogen) atoms. The van der Waals surface area contributed by atoms with Crippen molar-refractivity contribution in [1.29, 1.82) is 0 Å². The van der Waals surface area contributed by atoms with E-state index in [0.717, 1.165) is 68.0 Å². The number of methoxy groups -OCH3 is 4. The first-order valence-electron chi connectivity index (χ1n) is 34.1. The maximum Gasteiger partial charge on any atom is 0.0548 e. The van der Waals surface area contributed by atoms with Crippen LogP contribution in [0.5, 0.6) is 0 Å². The molecule has 0 saturated heterocycles. The van der Waals surface area contributed by atoms with Crippen LogP contribution < -0.4 is 0 Å². The molecule has 0 aliphatic rings. The number of aliphatic hydroxyl groups excluding tert-OH is 1. The Morgan fingerprint density at radius 2 is 0.476 bits per heavy atom. The first-order valence-corrected chi connectivity index (χ1v) is 34.1. The van der Waals surface area contributed by atoms with E-state index in [4.69, 9.17) is 24.1 Å². The molecule has 7 atom stereocenters. The van der Waals surface area contributed by atoms with Gasteiger partial charge in [0.2, 0.25) is 0 Å². The summed E-state index contributed by atoms with van der Waals surface area (Å²) in [6, 6.07) is 0. The van der Waals surface area contributed by atoms with Crippen LogP contribution in [0.25, 0.3) is 0 Å². The second-order valence-electron chi connectivity index (χ2n) is 34.9. The Bertz CT molecular complexity index is 1170. The molecule has 0 aromatic heterocycles. The van der Waals surface area contributed by atoms with Gasteiger partial charge in [-0.3, -0.25) is 0 Å². The lowest BCUT2D eigenvalue weighted by Gasteiger charge is -2.29. The summed E-state index contributed by atoms with van der Waals surface area (Å²) in [5, 5.41) is 8.89. The van der Waals surface area contributed by atoms with Gasteiger partial charge in [0.05, 0.1) is 18.3 Å². The third-order valence-electron chi connectivity index (χ3n) is 16.9. The summed E-state index contributed by atoms with van der Waals surface area (Å²) in [5.41, 5.74) is 4.00. The molecule has 0 saturated carbocycles. The van der Waals surface area contributed by atoms with Crippen LogP contribution in [0.2, 0.25) is 0 Å². The van der Waals surface area contributed by atoms with Gasteiger partial charge in [-0.15, -0.1) is 0 Å². The molecule has 1 N–H and O–H groups in total. The van der Waals surface area contributed by atoms with E-state index >= 15 is 0 Å². The minimum atomic E-state index is -0.157. The van der Waals surface area contributed by atoms with Gasteiger partial charge < -0.3 is 24.1 Å². The van der Waals surface area contributed by atoms with Crippen molar-refractivity contribution in [3.05, 3.63) is 0 Å². The van der Waals surface area contributed by atoms with Gasteiger partial charge in [-0.1, -0.05) is 308 Å². The van der Waals surface area contributed by atoms with Gasteiger partial charge in [0, 0.05) is 41.7 Å². The molecule has 5 heteroatoms. The van der Waals surface area contributed by atoms with Gasteiger partial charge in [0.15, 0.2) is 0 Å². The lowest BCUT2D eigenvalue weighted by atomic mass is 9.77. The van der Waals surface area contributed by atoms with Gasteiger partial charge in [0.25, 0.3) is 0 Å². The average Bonchev–Trinajstić information content (AvgIpc) is 3.27. The second kappa shape index (κ2) is 51.7. The van der Waals surface area contributed by atoms with Crippen molar-refractivity contribution in [2.24, 2.45) is 84.2 Å². The van der Waals surface area contributed by atoms with E-state index < -0.39 is 0 Å². The minimum absolute atomic E-state index is 0.157. The van der Waals surface area contributed by atoms with Gasteiger partial charge in [0.1, 0.15) is 0 Å². The SMILES string of the molecule is CCC(CC)C(C)(C)C.CCC(CC)C(C)(C)C.CC[C@@H](C)C(C)(C)C.CC[C@@H](CCOC)C(C)(C)C.CC[C@H](C)C(C)(C)C.CC[C@H](CCOC)C(C)(C)C.CO[C@@H](C)CC(C)(C)C.CO[C@H](C)CC(C)(C)C.C[C@@H](O)CC(C)(C)C. The molecular weight excluding hydrogens is 1000 g/mol. The molecule has 0 aromatic rings. The Labute approximate surface area is 526 Å². The third kappa shape index (κ3) is 79.8. The lowest BCUT2D eigenvalue weighted by molar-refractivity contribution is 0.0804. The van der Waals surface area contributed by atoms with Crippen LogP contribution in [0.15, 0.2) is 0 Å². The topological polar surface area (TPSA) is 57.2 Å². The predicted octanol–water partition coefficient (Wildman–Crippen LogP) is 26.0. The maximum atomic E-state index is 8.89. The zero-order valence-corrected chi connectivity index (χ0v) is 66.4. The number of hydrogen-bond donors (Lipinski definition) is 1. The fourth-order valence-corrected chi connectivity index (χ4v) is 10.0. The Morgan fingerprint density at radius 1 is 0.280 bits per heavy atom. The summed E-state index contributed by atoms with van der Waals surface area (Å²) in [4.78, 5) is 0. The summed E-state index contributed by atoms with van der Waals surface area (Å²) in [6.45, 7) is 91.8. The quantitative estimate of drug-likeness (QED) is 0.140. The van der Waals surface area contributed by atoms with Crippen molar-refractivity contribution in [2.75, 3.05) is 41.7 Å². The minimum Gasteiger partial charge on any atom is -0.393 e. The van der Waals surface area contributed by atoms with Crippen molar-refractivity contribution >= 4 is 0 Å². The zero-order chi connectivity index (χ0) is 68.1. The molecule has 0 heterocycles. The molecule has 0 rings (SSSR count). The second-order valence-corrected chi connectivity index (χ2v) is 34.9. The Morgan fingerprint density at radius 3 is 0.524 bits per heavy atom. The van der Waals surface area contributed by atoms with Gasteiger partial charge >= 0.3 is 0 Å². The summed E-state index contributed by atoms with van der Waals surface area (Å²) in [5.74, 6) is 5.09. The molecule has 5 nitrogen and oxygen atoms in total. The zero-order valence-electron chi connectivity index (χ0n) is 66.4. The van der Waals surface area contributed by atoms with E-state index in [9.17, 15) is 0 Å². The highest BCUT2D eigenvalue weighted by atomic mass is 16.5. The molecule has 510 valence electrons. The normalized spacial score (nSPS) is 15.0. The van der Waals surface area contributed by atoms with E-state index in [-0.39, 0.29) is 11.5 Å². The van der Waals surface area contributed by atoms with Crippen molar-refractivity contribution < 1.29 is 24.1 Å². The first-order chi connectivity index (χ1) is 36.4. The van der Waals surface area contributed by atoms with Crippen LogP contribution in [0.3, 0.4) is 0 Å². The molecular formula is C77H172O5. The van der Waals surface area contributed by atoms with Crippen LogP contribution in [0, 0.1) is 84.2 Å². The monoisotopic (exact) mass is 1180 g/mol. The highest BCUT2D eigenvalue weighted by molar-refractivity contribution is 4.75. The van der Waals surface area contributed by atoms with Gasteiger partial charge in [-0.05, 0) is 137 Å². The molecule has 0 bridgehead atoms. The van der Waals surface area contributed by atoms with Gasteiger partial charge in [-0.2, -0.15) is 0 Å². The highest BCUT2D eigenvalue weighted by Crippen LogP contribution is 2.34. The summed E-state index contributed by atoms with van der Waals surface area (Å²) in [7, 11) is 7.07. The van der Waals surface area contributed by atoms with Gasteiger partial charge in [-0.25, -0.2) is 0 Å². The number of ether oxygens (including phenoxy) is 4. The van der Waals surface area contributed by atoms with Crippen LogP contribution >= 0.6 is 0 Å². The molecule has 0 amide bonds. The molecule has 0 radical (unpaired) electrons. The van der Waals surface area contributed by atoms with Crippen molar-refractivity contribution in [2.45, 2.75) is 379 Å². The van der Waals surface area contributed by atoms with E-state index in [1.54, 1.807) is 28.4 Å². The van der Waals surface area contributed by atoms with Crippen LogP contribution in [-0.2, 0) is 18.9 Å². The number of aliphatic hydroxyl groups is 1. The van der Waals surface area contributed by atoms with E-state index in [2.05, 4.69) is 270 Å². The standard InChI is InChI=1S/2C10H22O.2C9H20.2C8H18O.2C8H18.C7H16O/c2*1-6-9(7-8-11-5)10(2,3)4;2*1-6-8(7-2)9(3,4)5;2*1-7(9-5)6-8(2,3)4;2*1-6-7(2)8(3,4)5;1-6(8)5-7(2,3)4/h2*9H,6-8H2,1-5H3;2*8H,6-7H2,1-5H3;2*7H,6H2,1-5H3;2*7H,6H2,1-5H3;6,8H,5H2,1-4H3/t2*9-;;;4*7-;6-/m10..10101/s1. The maximum absolute atomic E-state index is 8.89. The van der Waals surface area contributed by atoms with E-state index in [0.29, 0.717) is 55.5 Å². The first kappa shape index (κ1) is 101. The molecule has 0 aromatic carbocycles. The lowest BCUT2D eigenvalue weighted by Crippen LogP contribution is -2.21. The van der Waals surface area contributed by atoms with E-state index in [1.807, 2.05) is 6.92 Å². The molecule has 0 aliphatic heterocycles. The third-order valence-corrected chi connectivity index (χ3v) is 16.9. The number of rotatable bonds is 19. The number of hydrogen-bond acceptors (Lipinski definition) is 5. The fraction of sp³-hybridized carbons (Fsp3) is 1.00. The van der Waals surface area contributed by atoms with Crippen LogP contribution in [-0.4, -0.2) is 65.1 Å². The van der Waals surface area contributed by atoms with Crippen LogP contribution in [0.1, 0.15) is 360 Å². The van der Waals surface area contributed by atoms with Crippen LogP contribution in [0.4, 0.5) is 0 Å². The molecule has 0 aliphatic carbocycles. The van der Waals surface area contributed by atoms with Crippen molar-refractivity contribution in [1.82, 2.24) is 0 Å². The molecule has 0 unspecified atom stereocenters. The summed E-state index contributed by atoms with van der Waals surface area (Å²) in [6.07, 6.45) is 16.5. The average molecular weight is 1180 g/mol. The summed E-state index contributed by atoms with van der Waals surface area (Å²) >= 11 is 0. The Balaban J connectivity index is -0.000000105. The summed E-state index contributed by atoms with van der Waals surface area (Å²) < 4.78 is 20.4. The van der Waals surface area contributed by atoms with Crippen molar-refractivity contribution in [3.8, 4) is 0 Å². The molecule has 0 fully saturated rings. The predicted molar refractivity (Wildman–Crippen MR) is 381 cm³/mol. The molecule has 0 spiro atoms. The highest BCUT2D eigenvalue weighted by Gasteiger charge is 2.24. The Hall–Kier alpha value is -0.200.